The first kappa shape index (κ1) is 13.8. The summed E-state index contributed by atoms with van der Waals surface area (Å²) in [6, 6.07) is 0. The van der Waals surface area contributed by atoms with Crippen LogP contribution in [0, 0.1) is 5.92 Å². The summed E-state index contributed by atoms with van der Waals surface area (Å²) in [6.45, 7) is 5.80. The number of Topliss-reactive ketones (excluding diaryl/α,β-unsaturated/α-hetero) is 1. The molecule has 1 aromatic heterocycles. The van der Waals surface area contributed by atoms with Crippen LogP contribution in [0.4, 0.5) is 5.82 Å². The molecule has 1 aromatic rings. The van der Waals surface area contributed by atoms with Gasteiger partial charge in [0.25, 0.3) is 5.56 Å². The second-order valence-electron chi connectivity index (χ2n) is 5.15. The topological polar surface area (TPSA) is 55.2 Å². The summed E-state index contributed by atoms with van der Waals surface area (Å²) in [7, 11) is 0. The minimum Gasteiger partial charge on any atom is -0.351 e. The van der Waals surface area contributed by atoms with Crippen LogP contribution in [0.1, 0.15) is 33.1 Å². The fourth-order valence-corrected chi connectivity index (χ4v) is 2.57. The van der Waals surface area contributed by atoms with E-state index in [0.29, 0.717) is 18.9 Å². The van der Waals surface area contributed by atoms with Crippen LogP contribution in [0.2, 0.25) is 0 Å². The molecular formula is C14H21N3O2. The van der Waals surface area contributed by atoms with Crippen molar-refractivity contribution in [3.8, 4) is 0 Å². The lowest BCUT2D eigenvalue weighted by Gasteiger charge is -2.32. The third-order valence-corrected chi connectivity index (χ3v) is 3.66. The van der Waals surface area contributed by atoms with Crippen LogP contribution in [0.3, 0.4) is 0 Å². The highest BCUT2D eigenvalue weighted by Gasteiger charge is 2.25. The van der Waals surface area contributed by atoms with Gasteiger partial charge in [-0.15, -0.1) is 0 Å². The summed E-state index contributed by atoms with van der Waals surface area (Å²) in [5, 5.41) is 0. The zero-order valence-corrected chi connectivity index (χ0v) is 11.6. The van der Waals surface area contributed by atoms with Gasteiger partial charge in [0, 0.05) is 37.9 Å². The minimum atomic E-state index is -0.0476. The van der Waals surface area contributed by atoms with Gasteiger partial charge in [-0.25, -0.2) is 4.98 Å². The van der Waals surface area contributed by atoms with Crippen molar-refractivity contribution in [2.24, 2.45) is 5.92 Å². The van der Waals surface area contributed by atoms with Crippen molar-refractivity contribution in [2.45, 2.75) is 39.7 Å². The number of carbonyl (C=O) groups excluding carboxylic acids is 1. The fraction of sp³-hybridized carbons (Fsp3) is 0.643. The molecule has 1 aliphatic rings. The normalized spacial score (nSPS) is 19.5. The molecule has 0 saturated carbocycles. The number of rotatable bonds is 4. The van der Waals surface area contributed by atoms with E-state index in [9.17, 15) is 9.59 Å². The number of aryl methyl sites for hydroxylation is 1. The van der Waals surface area contributed by atoms with E-state index in [1.54, 1.807) is 23.9 Å². The molecule has 1 saturated heterocycles. The van der Waals surface area contributed by atoms with E-state index in [-0.39, 0.29) is 17.3 Å². The maximum absolute atomic E-state index is 12.3. The molecule has 1 aliphatic heterocycles. The Labute approximate surface area is 113 Å². The average Bonchev–Trinajstić information content (AvgIpc) is 2.41. The lowest BCUT2D eigenvalue weighted by Crippen LogP contribution is -2.42. The summed E-state index contributed by atoms with van der Waals surface area (Å²) in [5.74, 6) is 0.728. The second-order valence-corrected chi connectivity index (χ2v) is 5.15. The highest BCUT2D eigenvalue weighted by Crippen LogP contribution is 2.19. The van der Waals surface area contributed by atoms with Crippen LogP contribution in [0.5, 0.6) is 0 Å². The van der Waals surface area contributed by atoms with Crippen LogP contribution in [-0.2, 0) is 11.3 Å². The van der Waals surface area contributed by atoms with Crippen molar-refractivity contribution < 1.29 is 4.79 Å². The standard InChI is InChI=1S/C14H21N3O2/c1-3-7-16-9-6-15-13(14(16)19)17-8-4-5-12(10-17)11(2)18/h6,9,12H,3-5,7-8,10H2,1-2H3. The van der Waals surface area contributed by atoms with E-state index in [0.717, 1.165) is 25.8 Å². The van der Waals surface area contributed by atoms with Gasteiger partial charge in [0.2, 0.25) is 0 Å². The molecule has 0 bridgehead atoms. The lowest BCUT2D eigenvalue weighted by molar-refractivity contribution is -0.120. The summed E-state index contributed by atoms with van der Waals surface area (Å²) in [5.41, 5.74) is -0.0476. The second kappa shape index (κ2) is 5.99. The van der Waals surface area contributed by atoms with Gasteiger partial charge in [0.05, 0.1) is 0 Å². The molecule has 0 spiro atoms. The van der Waals surface area contributed by atoms with Gasteiger partial charge in [-0.3, -0.25) is 9.59 Å². The van der Waals surface area contributed by atoms with Gasteiger partial charge in [0.1, 0.15) is 5.78 Å². The summed E-state index contributed by atoms with van der Waals surface area (Å²) in [4.78, 5) is 30.0. The third-order valence-electron chi connectivity index (χ3n) is 3.66. The molecule has 19 heavy (non-hydrogen) atoms. The van der Waals surface area contributed by atoms with Gasteiger partial charge in [0.15, 0.2) is 5.82 Å². The minimum absolute atomic E-state index is 0.0368. The molecule has 104 valence electrons. The predicted octanol–water partition coefficient (Wildman–Crippen LogP) is 1.46. The smallest absolute Gasteiger partial charge is 0.293 e. The number of ketones is 1. The fourth-order valence-electron chi connectivity index (χ4n) is 2.57. The third kappa shape index (κ3) is 3.03. The quantitative estimate of drug-likeness (QED) is 0.825. The van der Waals surface area contributed by atoms with E-state index < -0.39 is 0 Å². The van der Waals surface area contributed by atoms with Crippen LogP contribution >= 0.6 is 0 Å². The number of nitrogens with zero attached hydrogens (tertiary/aromatic N) is 3. The monoisotopic (exact) mass is 263 g/mol. The molecule has 1 unspecified atom stereocenters. The van der Waals surface area contributed by atoms with Gasteiger partial charge in [-0.2, -0.15) is 0 Å². The summed E-state index contributed by atoms with van der Waals surface area (Å²) in [6.07, 6.45) is 6.17. The van der Waals surface area contributed by atoms with Crippen LogP contribution < -0.4 is 10.5 Å². The molecule has 5 heteroatoms. The van der Waals surface area contributed by atoms with Crippen molar-refractivity contribution in [3.63, 3.8) is 0 Å². The molecule has 0 aliphatic carbocycles. The number of piperidine rings is 1. The predicted molar refractivity (Wildman–Crippen MR) is 74.4 cm³/mol. The van der Waals surface area contributed by atoms with Crippen LogP contribution in [0.25, 0.3) is 0 Å². The zero-order valence-electron chi connectivity index (χ0n) is 11.6. The number of aromatic nitrogens is 2. The highest BCUT2D eigenvalue weighted by molar-refractivity contribution is 5.79. The Bertz CT molecular complexity index is 510. The molecule has 1 atom stereocenters. The SMILES string of the molecule is CCCn1ccnc(N2CCCC(C(C)=O)C2)c1=O. The molecule has 0 aromatic carbocycles. The van der Waals surface area contributed by atoms with Crippen molar-refractivity contribution in [1.29, 1.82) is 0 Å². The van der Waals surface area contributed by atoms with Crippen LogP contribution in [-0.4, -0.2) is 28.4 Å². The number of hydrogen-bond donors (Lipinski definition) is 0. The molecular weight excluding hydrogens is 242 g/mol. The van der Waals surface area contributed by atoms with Crippen LogP contribution in [0.15, 0.2) is 17.2 Å². The Morgan fingerprint density at radius 3 is 3.00 bits per heavy atom. The van der Waals surface area contributed by atoms with E-state index in [1.165, 1.54) is 0 Å². The largest absolute Gasteiger partial charge is 0.351 e. The van der Waals surface area contributed by atoms with Crippen molar-refractivity contribution >= 4 is 11.6 Å². The molecule has 0 radical (unpaired) electrons. The number of anilines is 1. The molecule has 2 heterocycles. The van der Waals surface area contributed by atoms with Gasteiger partial charge >= 0.3 is 0 Å². The Balaban J connectivity index is 2.24. The first-order valence-electron chi connectivity index (χ1n) is 6.94. The molecule has 0 N–H and O–H groups in total. The number of carbonyl (C=O) groups is 1. The summed E-state index contributed by atoms with van der Waals surface area (Å²) >= 11 is 0. The highest BCUT2D eigenvalue weighted by atomic mass is 16.1. The van der Waals surface area contributed by atoms with E-state index in [1.807, 2.05) is 11.8 Å². The number of hydrogen-bond acceptors (Lipinski definition) is 4. The van der Waals surface area contributed by atoms with Crippen molar-refractivity contribution in [3.05, 3.63) is 22.7 Å². The Hall–Kier alpha value is -1.65. The first-order chi connectivity index (χ1) is 9.13. The Kier molecular flexibility index (Phi) is 4.35. The molecule has 0 amide bonds. The average molecular weight is 263 g/mol. The van der Waals surface area contributed by atoms with E-state index in [4.69, 9.17) is 0 Å². The van der Waals surface area contributed by atoms with Gasteiger partial charge in [-0.1, -0.05) is 6.92 Å². The van der Waals surface area contributed by atoms with Gasteiger partial charge < -0.3 is 9.47 Å². The maximum atomic E-state index is 12.3. The molecule has 1 fully saturated rings. The van der Waals surface area contributed by atoms with Gasteiger partial charge in [-0.05, 0) is 26.2 Å². The molecule has 5 nitrogen and oxygen atoms in total. The molecule has 2 rings (SSSR count). The van der Waals surface area contributed by atoms with E-state index in [2.05, 4.69) is 4.98 Å². The first-order valence-corrected chi connectivity index (χ1v) is 6.94. The lowest BCUT2D eigenvalue weighted by atomic mass is 9.95. The maximum Gasteiger partial charge on any atom is 0.293 e. The van der Waals surface area contributed by atoms with E-state index >= 15 is 0 Å². The summed E-state index contributed by atoms with van der Waals surface area (Å²) < 4.78 is 1.69. The Morgan fingerprint density at radius 2 is 2.32 bits per heavy atom. The Morgan fingerprint density at radius 1 is 1.53 bits per heavy atom. The van der Waals surface area contributed by atoms with Crippen molar-refractivity contribution in [2.75, 3.05) is 18.0 Å². The van der Waals surface area contributed by atoms with Crippen molar-refractivity contribution in [1.82, 2.24) is 9.55 Å². The zero-order chi connectivity index (χ0) is 13.8.